The summed E-state index contributed by atoms with van der Waals surface area (Å²) in [4.78, 5) is 26.3. The Morgan fingerprint density at radius 2 is 1.72 bits per heavy atom. The van der Waals surface area contributed by atoms with E-state index in [1.165, 1.54) is 0 Å². The van der Waals surface area contributed by atoms with Crippen LogP contribution in [0, 0.1) is 11.3 Å². The van der Waals surface area contributed by atoms with Gasteiger partial charge in [-0.3, -0.25) is 9.59 Å². The second-order valence-corrected chi connectivity index (χ2v) is 7.78. The van der Waals surface area contributed by atoms with Crippen LogP contribution in [0.2, 0.25) is 0 Å². The van der Waals surface area contributed by atoms with Crippen LogP contribution >= 0.6 is 12.4 Å². The van der Waals surface area contributed by atoms with Crippen molar-refractivity contribution in [1.29, 1.82) is 0 Å². The summed E-state index contributed by atoms with van der Waals surface area (Å²) in [6.07, 6.45) is 0. The molecule has 1 rings (SSSR count). The molecule has 0 radical (unpaired) electrons. The highest BCUT2D eigenvalue weighted by atomic mass is 35.5. The van der Waals surface area contributed by atoms with Gasteiger partial charge in [-0.1, -0.05) is 65.0 Å². The molecule has 0 heterocycles. The third kappa shape index (κ3) is 8.89. The summed E-state index contributed by atoms with van der Waals surface area (Å²) in [5.41, 5.74) is 6.86. The summed E-state index contributed by atoms with van der Waals surface area (Å²) in [6.45, 7) is 11.2. The zero-order chi connectivity index (χ0) is 18.3. The highest BCUT2D eigenvalue weighted by Crippen LogP contribution is 2.17. The number of benzene rings is 1. The second-order valence-electron chi connectivity index (χ2n) is 7.78. The van der Waals surface area contributed by atoms with Crippen molar-refractivity contribution in [2.45, 2.75) is 47.2 Å². The fourth-order valence-electron chi connectivity index (χ4n) is 2.30. The molecule has 0 spiro atoms. The molecule has 3 N–H and O–H groups in total. The molecule has 0 fully saturated rings. The number of halogens is 1. The third-order valence-corrected chi connectivity index (χ3v) is 3.67. The van der Waals surface area contributed by atoms with E-state index in [0.29, 0.717) is 13.1 Å². The molecule has 0 aliphatic carbocycles. The summed E-state index contributed by atoms with van der Waals surface area (Å²) in [6, 6.07) is 9.26. The van der Waals surface area contributed by atoms with Crippen molar-refractivity contribution in [3.8, 4) is 0 Å². The van der Waals surface area contributed by atoms with E-state index in [1.54, 1.807) is 4.90 Å². The average Bonchev–Trinajstić information content (AvgIpc) is 2.50. The quantitative estimate of drug-likeness (QED) is 0.775. The summed E-state index contributed by atoms with van der Waals surface area (Å²) in [5, 5.41) is 2.66. The van der Waals surface area contributed by atoms with Gasteiger partial charge in [0.05, 0.1) is 12.6 Å². The van der Waals surface area contributed by atoms with Gasteiger partial charge in [0.2, 0.25) is 11.8 Å². The number of carbonyl (C=O) groups is 2. The Morgan fingerprint density at radius 1 is 1.16 bits per heavy atom. The lowest BCUT2D eigenvalue weighted by atomic mass is 9.95. The minimum Gasteiger partial charge on any atom is -0.346 e. The van der Waals surface area contributed by atoms with Crippen LogP contribution in [0.1, 0.15) is 40.2 Å². The number of carbonyl (C=O) groups excluding carboxylic acids is 2. The topological polar surface area (TPSA) is 75.4 Å². The maximum Gasteiger partial charge on any atom is 0.242 e. The van der Waals surface area contributed by atoms with Gasteiger partial charge in [0, 0.05) is 13.1 Å². The molecule has 25 heavy (non-hydrogen) atoms. The molecule has 2 amide bonds. The Hall–Kier alpha value is -1.59. The smallest absolute Gasteiger partial charge is 0.242 e. The monoisotopic (exact) mass is 369 g/mol. The lowest BCUT2D eigenvalue weighted by molar-refractivity contribution is -0.134. The van der Waals surface area contributed by atoms with Gasteiger partial charge in [-0.25, -0.2) is 0 Å². The van der Waals surface area contributed by atoms with Crippen LogP contribution in [0.25, 0.3) is 0 Å². The van der Waals surface area contributed by atoms with Crippen molar-refractivity contribution in [1.82, 2.24) is 10.2 Å². The van der Waals surface area contributed by atoms with E-state index >= 15 is 0 Å². The molecule has 1 aromatic rings. The minimum atomic E-state index is -0.594. The number of hydrogen-bond donors (Lipinski definition) is 2. The Balaban J connectivity index is 0.00000576. The van der Waals surface area contributed by atoms with Crippen molar-refractivity contribution in [3.05, 3.63) is 35.9 Å². The highest BCUT2D eigenvalue weighted by Gasteiger charge is 2.23. The van der Waals surface area contributed by atoms with E-state index in [2.05, 4.69) is 26.1 Å². The number of nitrogens with zero attached hydrogens (tertiary/aromatic N) is 1. The van der Waals surface area contributed by atoms with Gasteiger partial charge in [0.1, 0.15) is 0 Å². The molecule has 5 nitrogen and oxygen atoms in total. The molecule has 1 aromatic carbocycles. The fourth-order valence-corrected chi connectivity index (χ4v) is 2.30. The first-order chi connectivity index (χ1) is 11.1. The molecule has 0 saturated heterocycles. The SMILES string of the molecule is CC(C)[C@H](N)C(=O)NCC(=O)N(Cc1ccccc1)CC(C)(C)C.Cl. The number of nitrogens with two attached hydrogens (primary N) is 1. The maximum atomic E-state index is 12.6. The summed E-state index contributed by atoms with van der Waals surface area (Å²) >= 11 is 0. The predicted octanol–water partition coefficient (Wildman–Crippen LogP) is 2.58. The first-order valence-corrected chi connectivity index (χ1v) is 8.45. The van der Waals surface area contributed by atoms with E-state index in [0.717, 1.165) is 5.56 Å². The molecule has 0 aliphatic heterocycles. The van der Waals surface area contributed by atoms with Crippen LogP contribution in [0.4, 0.5) is 0 Å². The lowest BCUT2D eigenvalue weighted by Gasteiger charge is -2.30. The molecule has 0 bridgehead atoms. The van der Waals surface area contributed by atoms with Gasteiger partial charge in [-0.2, -0.15) is 0 Å². The van der Waals surface area contributed by atoms with Crippen LogP contribution in [0.15, 0.2) is 30.3 Å². The molecular weight excluding hydrogens is 338 g/mol. The number of hydrogen-bond acceptors (Lipinski definition) is 3. The van der Waals surface area contributed by atoms with Crippen LogP contribution in [-0.2, 0) is 16.1 Å². The number of amides is 2. The van der Waals surface area contributed by atoms with Gasteiger partial charge in [0.25, 0.3) is 0 Å². The van der Waals surface area contributed by atoms with Crippen molar-refractivity contribution < 1.29 is 9.59 Å². The van der Waals surface area contributed by atoms with Crippen LogP contribution in [-0.4, -0.2) is 35.8 Å². The van der Waals surface area contributed by atoms with E-state index in [4.69, 9.17) is 5.73 Å². The van der Waals surface area contributed by atoms with Gasteiger partial charge in [0.15, 0.2) is 0 Å². The molecule has 0 aliphatic rings. The van der Waals surface area contributed by atoms with Gasteiger partial charge >= 0.3 is 0 Å². The van der Waals surface area contributed by atoms with Crippen LogP contribution < -0.4 is 11.1 Å². The minimum absolute atomic E-state index is 0. The number of rotatable bonds is 7. The van der Waals surface area contributed by atoms with Crippen LogP contribution in [0.5, 0.6) is 0 Å². The zero-order valence-electron chi connectivity index (χ0n) is 15.9. The molecule has 0 saturated carbocycles. The Bertz CT molecular complexity index is 541. The molecule has 142 valence electrons. The van der Waals surface area contributed by atoms with Gasteiger partial charge in [-0.15, -0.1) is 12.4 Å². The molecular formula is C19H32ClN3O2. The largest absolute Gasteiger partial charge is 0.346 e. The van der Waals surface area contributed by atoms with E-state index in [9.17, 15) is 9.59 Å². The average molecular weight is 370 g/mol. The van der Waals surface area contributed by atoms with E-state index in [1.807, 2.05) is 44.2 Å². The Labute approximate surface area is 157 Å². The molecule has 0 aromatic heterocycles. The van der Waals surface area contributed by atoms with Gasteiger partial charge in [-0.05, 0) is 16.9 Å². The Kier molecular flexibility index (Phi) is 9.75. The van der Waals surface area contributed by atoms with Crippen LogP contribution in [0.3, 0.4) is 0 Å². The predicted molar refractivity (Wildman–Crippen MR) is 104 cm³/mol. The first kappa shape index (κ1) is 23.4. The summed E-state index contributed by atoms with van der Waals surface area (Å²) < 4.78 is 0. The van der Waals surface area contributed by atoms with E-state index in [-0.39, 0.29) is 42.1 Å². The second kappa shape index (κ2) is 10.4. The maximum absolute atomic E-state index is 12.6. The van der Waals surface area contributed by atoms with Gasteiger partial charge < -0.3 is 16.0 Å². The van der Waals surface area contributed by atoms with Crippen molar-refractivity contribution in [2.24, 2.45) is 17.1 Å². The van der Waals surface area contributed by atoms with E-state index < -0.39 is 6.04 Å². The first-order valence-electron chi connectivity index (χ1n) is 8.45. The third-order valence-electron chi connectivity index (χ3n) is 3.67. The summed E-state index contributed by atoms with van der Waals surface area (Å²) in [5.74, 6) is -0.345. The lowest BCUT2D eigenvalue weighted by Crippen LogP contribution is -2.48. The molecule has 1 atom stereocenters. The normalized spacial score (nSPS) is 12.3. The Morgan fingerprint density at radius 3 is 2.20 bits per heavy atom. The van der Waals surface area contributed by atoms with Crippen molar-refractivity contribution in [2.75, 3.05) is 13.1 Å². The highest BCUT2D eigenvalue weighted by molar-refractivity contribution is 5.87. The number of nitrogens with one attached hydrogen (secondary N) is 1. The fraction of sp³-hybridized carbons (Fsp3) is 0.579. The summed E-state index contributed by atoms with van der Waals surface area (Å²) in [7, 11) is 0. The van der Waals surface area contributed by atoms with Crippen molar-refractivity contribution >= 4 is 24.2 Å². The molecule has 6 heteroatoms. The zero-order valence-corrected chi connectivity index (χ0v) is 16.7. The standard InChI is InChI=1S/C19H31N3O2.ClH/c1-14(2)17(20)18(24)21-11-16(23)22(13-19(3,4)5)12-15-9-7-6-8-10-15;/h6-10,14,17H,11-13,20H2,1-5H3,(H,21,24);1H/t17-;/m0./s1. The molecule has 0 unspecified atom stereocenters. The van der Waals surface area contributed by atoms with Crippen molar-refractivity contribution in [3.63, 3.8) is 0 Å².